The van der Waals surface area contributed by atoms with Crippen molar-refractivity contribution in [3.63, 3.8) is 0 Å². The van der Waals surface area contributed by atoms with Crippen LogP contribution in [0.4, 0.5) is 4.79 Å². The molecule has 2 amide bonds. The number of carbonyl (C=O) groups excluding carboxylic acids is 1. The number of carbonyl (C=O) groups is 1. The first-order valence-electron chi connectivity index (χ1n) is 8.02. The van der Waals surface area contributed by atoms with E-state index < -0.39 is 0 Å². The average molecular weight is 306 g/mol. The molecule has 1 aliphatic carbocycles. The fourth-order valence-corrected chi connectivity index (χ4v) is 2.72. The summed E-state index contributed by atoms with van der Waals surface area (Å²) in [6.45, 7) is 2.27. The smallest absolute Gasteiger partial charge is 0.315 e. The number of amides is 2. The maximum absolute atomic E-state index is 11.9. The molecule has 2 rings (SSSR count). The Labute approximate surface area is 132 Å². The molecule has 0 spiro atoms. The number of hydrogen-bond donors (Lipinski definition) is 3. The fraction of sp³-hybridized carbons (Fsp3) is 0.588. The molecule has 5 nitrogen and oxygen atoms in total. The first kappa shape index (κ1) is 16.8. The first-order valence-corrected chi connectivity index (χ1v) is 8.02. The van der Waals surface area contributed by atoms with E-state index >= 15 is 0 Å². The van der Waals surface area contributed by atoms with Crippen LogP contribution in [0.15, 0.2) is 30.3 Å². The van der Waals surface area contributed by atoms with E-state index in [2.05, 4.69) is 10.6 Å². The van der Waals surface area contributed by atoms with Crippen LogP contribution in [0.2, 0.25) is 0 Å². The zero-order valence-corrected chi connectivity index (χ0v) is 13.1. The summed E-state index contributed by atoms with van der Waals surface area (Å²) in [5, 5.41) is 14.7. The predicted molar refractivity (Wildman–Crippen MR) is 85.5 cm³/mol. The van der Waals surface area contributed by atoms with Crippen molar-refractivity contribution in [3.05, 3.63) is 35.9 Å². The lowest BCUT2D eigenvalue weighted by Gasteiger charge is -2.32. The van der Waals surface area contributed by atoms with Gasteiger partial charge in [0.2, 0.25) is 0 Å². The summed E-state index contributed by atoms with van der Waals surface area (Å²) in [5.74, 6) is 0. The van der Waals surface area contributed by atoms with Crippen molar-refractivity contribution in [1.82, 2.24) is 10.6 Å². The second-order valence-corrected chi connectivity index (χ2v) is 5.93. The second-order valence-electron chi connectivity index (χ2n) is 5.93. The lowest BCUT2D eigenvalue weighted by atomic mass is 9.92. The molecule has 1 aromatic carbocycles. The third-order valence-electron chi connectivity index (χ3n) is 3.98. The highest BCUT2D eigenvalue weighted by Crippen LogP contribution is 2.22. The molecule has 122 valence electrons. The monoisotopic (exact) mass is 306 g/mol. The van der Waals surface area contributed by atoms with Gasteiger partial charge in [0.15, 0.2) is 0 Å². The molecule has 0 aromatic heterocycles. The summed E-state index contributed by atoms with van der Waals surface area (Å²) >= 11 is 0. The molecular weight excluding hydrogens is 280 g/mol. The van der Waals surface area contributed by atoms with Crippen LogP contribution in [-0.4, -0.2) is 35.9 Å². The molecule has 1 saturated carbocycles. The zero-order chi connectivity index (χ0) is 15.8. The molecule has 1 aliphatic rings. The molecule has 2 unspecified atom stereocenters. The van der Waals surface area contributed by atoms with Crippen molar-refractivity contribution in [2.75, 3.05) is 6.61 Å². The fourth-order valence-electron chi connectivity index (χ4n) is 2.72. The Balaban J connectivity index is 1.84. The number of ether oxygens (including phenoxy) is 1. The van der Waals surface area contributed by atoms with E-state index in [1.165, 1.54) is 0 Å². The zero-order valence-electron chi connectivity index (χ0n) is 13.1. The summed E-state index contributed by atoms with van der Waals surface area (Å²) in [5.41, 5.74) is 1.14. The minimum atomic E-state index is -0.243. The number of rotatable bonds is 6. The largest absolute Gasteiger partial charge is 0.394 e. The van der Waals surface area contributed by atoms with Crippen LogP contribution in [0.1, 0.15) is 38.2 Å². The van der Waals surface area contributed by atoms with Gasteiger partial charge in [0.05, 0.1) is 31.4 Å². The van der Waals surface area contributed by atoms with E-state index in [0.717, 1.165) is 31.2 Å². The van der Waals surface area contributed by atoms with E-state index in [4.69, 9.17) is 9.84 Å². The molecule has 3 N–H and O–H groups in total. The molecule has 1 fully saturated rings. The molecular formula is C17H26N2O3. The summed E-state index contributed by atoms with van der Waals surface area (Å²) < 4.78 is 6.02. The minimum Gasteiger partial charge on any atom is -0.394 e. The van der Waals surface area contributed by atoms with Gasteiger partial charge in [-0.25, -0.2) is 4.79 Å². The molecule has 0 bridgehead atoms. The van der Waals surface area contributed by atoms with E-state index in [-0.39, 0.29) is 30.8 Å². The molecule has 0 aliphatic heterocycles. The highest BCUT2D eigenvalue weighted by molar-refractivity contribution is 5.74. The van der Waals surface area contributed by atoms with Gasteiger partial charge < -0.3 is 20.5 Å². The van der Waals surface area contributed by atoms with Crippen molar-refractivity contribution in [2.45, 2.75) is 57.4 Å². The van der Waals surface area contributed by atoms with Gasteiger partial charge in [0.1, 0.15) is 0 Å². The van der Waals surface area contributed by atoms with E-state index in [9.17, 15) is 4.79 Å². The van der Waals surface area contributed by atoms with Crippen molar-refractivity contribution < 1.29 is 14.6 Å². The summed E-state index contributed by atoms with van der Waals surface area (Å²) in [4.78, 5) is 11.9. The van der Waals surface area contributed by atoms with Crippen molar-refractivity contribution in [2.24, 2.45) is 0 Å². The Morgan fingerprint density at radius 3 is 2.77 bits per heavy atom. The Kier molecular flexibility index (Phi) is 6.68. The Hall–Kier alpha value is -1.59. The van der Waals surface area contributed by atoms with Gasteiger partial charge in [0.25, 0.3) is 0 Å². The number of urea groups is 1. The van der Waals surface area contributed by atoms with Crippen LogP contribution >= 0.6 is 0 Å². The summed E-state index contributed by atoms with van der Waals surface area (Å²) in [6.07, 6.45) is 4.18. The first-order chi connectivity index (χ1) is 10.7. The van der Waals surface area contributed by atoms with E-state index in [0.29, 0.717) is 6.61 Å². The standard InChI is InChI=1S/C17H26N2O3/c1-13(11-20)18-17(21)19-15-9-5-6-10-16(15)22-12-14-7-3-2-4-8-14/h2-4,7-8,13,15-16,20H,5-6,9-12H2,1H3,(H2,18,19,21)/t13-,15?,16?/m0/s1. The Morgan fingerprint density at radius 1 is 1.32 bits per heavy atom. The molecule has 0 heterocycles. The van der Waals surface area contributed by atoms with Gasteiger partial charge in [-0.2, -0.15) is 0 Å². The summed E-state index contributed by atoms with van der Waals surface area (Å²) in [6, 6.07) is 9.62. The number of hydrogen-bond acceptors (Lipinski definition) is 3. The molecule has 22 heavy (non-hydrogen) atoms. The van der Waals surface area contributed by atoms with E-state index in [1.54, 1.807) is 6.92 Å². The van der Waals surface area contributed by atoms with Crippen LogP contribution in [-0.2, 0) is 11.3 Å². The Morgan fingerprint density at radius 2 is 2.05 bits per heavy atom. The minimum absolute atomic E-state index is 0.0309. The number of aliphatic hydroxyl groups is 1. The summed E-state index contributed by atoms with van der Waals surface area (Å²) in [7, 11) is 0. The maximum atomic E-state index is 11.9. The third-order valence-corrected chi connectivity index (χ3v) is 3.98. The highest BCUT2D eigenvalue weighted by atomic mass is 16.5. The van der Waals surface area contributed by atoms with Crippen LogP contribution in [0.25, 0.3) is 0 Å². The van der Waals surface area contributed by atoms with Crippen LogP contribution in [0, 0.1) is 0 Å². The van der Waals surface area contributed by atoms with Crippen LogP contribution in [0.5, 0.6) is 0 Å². The van der Waals surface area contributed by atoms with Crippen molar-refractivity contribution in [3.8, 4) is 0 Å². The predicted octanol–water partition coefficient (Wildman–Crippen LogP) is 2.19. The molecule has 1 aromatic rings. The number of aliphatic hydroxyl groups excluding tert-OH is 1. The number of nitrogens with one attached hydrogen (secondary N) is 2. The van der Waals surface area contributed by atoms with Gasteiger partial charge >= 0.3 is 6.03 Å². The quantitative estimate of drug-likeness (QED) is 0.754. The SMILES string of the molecule is C[C@@H](CO)NC(=O)NC1CCCCC1OCc1ccccc1. The van der Waals surface area contributed by atoms with Crippen molar-refractivity contribution >= 4 is 6.03 Å². The van der Waals surface area contributed by atoms with Gasteiger partial charge in [0, 0.05) is 0 Å². The third kappa shape index (κ3) is 5.31. The topological polar surface area (TPSA) is 70.6 Å². The molecule has 0 saturated heterocycles. The lowest BCUT2D eigenvalue weighted by molar-refractivity contribution is -0.00276. The highest BCUT2D eigenvalue weighted by Gasteiger charge is 2.27. The van der Waals surface area contributed by atoms with Gasteiger partial charge in [-0.1, -0.05) is 43.2 Å². The van der Waals surface area contributed by atoms with Crippen LogP contribution in [0.3, 0.4) is 0 Å². The lowest BCUT2D eigenvalue weighted by Crippen LogP contribution is -2.51. The normalized spacial score (nSPS) is 22.8. The Bertz CT molecular complexity index is 452. The molecule has 0 radical (unpaired) electrons. The van der Waals surface area contributed by atoms with Gasteiger partial charge in [-0.05, 0) is 25.3 Å². The van der Waals surface area contributed by atoms with Crippen molar-refractivity contribution in [1.29, 1.82) is 0 Å². The number of benzene rings is 1. The molecule has 5 heteroatoms. The van der Waals surface area contributed by atoms with Gasteiger partial charge in [-0.3, -0.25) is 0 Å². The molecule has 3 atom stereocenters. The average Bonchev–Trinajstić information content (AvgIpc) is 2.54. The van der Waals surface area contributed by atoms with Gasteiger partial charge in [-0.15, -0.1) is 0 Å². The van der Waals surface area contributed by atoms with Crippen LogP contribution < -0.4 is 10.6 Å². The maximum Gasteiger partial charge on any atom is 0.315 e. The second kappa shape index (κ2) is 8.76. The van der Waals surface area contributed by atoms with E-state index in [1.807, 2.05) is 30.3 Å².